The molecule has 12 aromatic carbocycles. The molecule has 0 aliphatic rings. The van der Waals surface area contributed by atoms with Gasteiger partial charge in [0, 0.05) is 87.8 Å². The van der Waals surface area contributed by atoms with Crippen molar-refractivity contribution in [1.29, 1.82) is 0 Å². The summed E-state index contributed by atoms with van der Waals surface area (Å²) in [4.78, 5) is 4.80. The molecule has 0 atom stereocenters. The van der Waals surface area contributed by atoms with Gasteiger partial charge in [-0.15, -0.1) is 11.3 Å². The summed E-state index contributed by atoms with van der Waals surface area (Å²) >= 11 is 1.88. The van der Waals surface area contributed by atoms with Gasteiger partial charge in [0.2, 0.25) is 0 Å². The summed E-state index contributed by atoms with van der Waals surface area (Å²) in [6.07, 6.45) is 0. The summed E-state index contributed by atoms with van der Waals surface area (Å²) in [7, 11) is 0. The number of rotatable bonds is 9. The van der Waals surface area contributed by atoms with Crippen molar-refractivity contribution < 1.29 is 0 Å². The fraction of sp³-hybridized carbons (Fsp3) is 0. The summed E-state index contributed by atoms with van der Waals surface area (Å²) in [5.41, 5.74) is 15.8. The van der Waals surface area contributed by atoms with Gasteiger partial charge >= 0.3 is 0 Å². The van der Waals surface area contributed by atoms with E-state index in [4.69, 9.17) is 0 Å². The normalized spacial score (nSPS) is 11.7. The maximum atomic E-state index is 2.49. The summed E-state index contributed by atoms with van der Waals surface area (Å²) in [6, 6.07) is 102. The molecule has 0 aliphatic heterocycles. The van der Waals surface area contributed by atoms with Crippen molar-refractivity contribution >= 4 is 120 Å². The fourth-order valence-corrected chi connectivity index (χ4v) is 13.0. The molecular formula is C70H46N4S. The Morgan fingerprint density at radius 1 is 0.293 bits per heavy atom. The molecule has 0 fully saturated rings. The lowest BCUT2D eigenvalue weighted by Crippen LogP contribution is -2.11. The number of hydrogen-bond acceptors (Lipinski definition) is 3. The standard InChI is InChI=1S/C70H46N4S/c1-5-20-49(21-6-1)71(54-38-41-58-61-40-35-47-19-13-14-29-57(47)68(61)73(65(58)45-54)51-24-9-3-10-25-51)53-36-33-48(34-37-53)56-28-15-17-31-64(56)72(50-22-7-2-8-23-50)55-39-42-59-62-43-44-63-60-30-16-18-32-67(60)75-70(63)69(62)74(66(59)46-55)52-26-11-4-12-27-52/h1-46H. The minimum Gasteiger partial charge on any atom is -0.310 e. The minimum absolute atomic E-state index is 1.07. The van der Waals surface area contributed by atoms with E-state index in [1.807, 2.05) is 11.3 Å². The molecule has 0 amide bonds. The van der Waals surface area contributed by atoms with Gasteiger partial charge in [-0.1, -0.05) is 182 Å². The Balaban J connectivity index is 0.878. The van der Waals surface area contributed by atoms with Crippen LogP contribution >= 0.6 is 11.3 Å². The van der Waals surface area contributed by atoms with Crippen molar-refractivity contribution in [2.75, 3.05) is 9.80 Å². The Bertz CT molecular complexity index is 4630. The van der Waals surface area contributed by atoms with Crippen LogP contribution in [0.15, 0.2) is 279 Å². The molecule has 3 heterocycles. The molecule has 0 bridgehead atoms. The molecule has 0 saturated carbocycles. The number of hydrogen-bond donors (Lipinski definition) is 0. The van der Waals surface area contributed by atoms with Crippen LogP contribution in [0.25, 0.3) is 97.1 Å². The second-order valence-electron chi connectivity index (χ2n) is 19.3. The van der Waals surface area contributed by atoms with E-state index in [1.54, 1.807) is 0 Å². The van der Waals surface area contributed by atoms with Crippen LogP contribution in [-0.2, 0) is 0 Å². The molecule has 0 unspecified atom stereocenters. The van der Waals surface area contributed by atoms with Crippen LogP contribution in [-0.4, -0.2) is 9.13 Å². The van der Waals surface area contributed by atoms with Gasteiger partial charge in [0.1, 0.15) is 0 Å². The second-order valence-corrected chi connectivity index (χ2v) is 20.3. The number of fused-ring (bicyclic) bond motifs is 12. The first-order valence-corrected chi connectivity index (χ1v) is 26.4. The fourth-order valence-electron chi connectivity index (χ4n) is 11.7. The highest BCUT2D eigenvalue weighted by Gasteiger charge is 2.24. The number of anilines is 6. The largest absolute Gasteiger partial charge is 0.310 e. The maximum Gasteiger partial charge on any atom is 0.0719 e. The Morgan fingerprint density at radius 3 is 1.44 bits per heavy atom. The molecule has 0 spiro atoms. The van der Waals surface area contributed by atoms with Gasteiger partial charge in [-0.2, -0.15) is 0 Å². The average molecular weight is 975 g/mol. The van der Waals surface area contributed by atoms with Crippen LogP contribution in [0.1, 0.15) is 0 Å². The lowest BCUT2D eigenvalue weighted by Gasteiger charge is -2.28. The number of benzene rings is 12. The summed E-state index contributed by atoms with van der Waals surface area (Å²) < 4.78 is 7.54. The molecule has 0 aliphatic carbocycles. The van der Waals surface area contributed by atoms with Gasteiger partial charge in [0.15, 0.2) is 0 Å². The van der Waals surface area contributed by atoms with E-state index in [0.717, 1.165) is 67.7 Å². The summed E-state index contributed by atoms with van der Waals surface area (Å²) in [5.74, 6) is 0. The highest BCUT2D eigenvalue weighted by Crippen LogP contribution is 2.48. The molecule has 0 radical (unpaired) electrons. The molecular weight excluding hydrogens is 929 g/mol. The van der Waals surface area contributed by atoms with Crippen molar-refractivity contribution in [2.24, 2.45) is 0 Å². The third-order valence-electron chi connectivity index (χ3n) is 15.0. The van der Waals surface area contributed by atoms with Crippen molar-refractivity contribution in [3.05, 3.63) is 279 Å². The van der Waals surface area contributed by atoms with Crippen LogP contribution in [0.2, 0.25) is 0 Å². The molecule has 5 heteroatoms. The van der Waals surface area contributed by atoms with Gasteiger partial charge in [-0.25, -0.2) is 0 Å². The average Bonchev–Trinajstić information content (AvgIpc) is 4.22. The SMILES string of the molecule is c1ccc(N(c2ccc(-c3ccccc3N(c3ccccc3)c3ccc4c5ccc6c7ccccc7sc6c5n(-c5ccccc5)c4c3)cc2)c2ccc3c4ccc5ccccc5c4n(-c4ccccc4)c3c2)cc1. The Kier molecular flexibility index (Phi) is 10.0. The summed E-state index contributed by atoms with van der Waals surface area (Å²) in [6.45, 7) is 0. The van der Waals surface area contributed by atoms with Crippen LogP contribution in [0.4, 0.5) is 34.1 Å². The topological polar surface area (TPSA) is 16.3 Å². The van der Waals surface area contributed by atoms with Crippen LogP contribution in [0.3, 0.4) is 0 Å². The highest BCUT2D eigenvalue weighted by atomic mass is 32.1. The Labute approximate surface area is 438 Å². The molecule has 15 aromatic rings. The number of nitrogens with zero attached hydrogens (tertiary/aromatic N) is 4. The first-order chi connectivity index (χ1) is 37.2. The molecule has 4 nitrogen and oxygen atoms in total. The quantitative estimate of drug-likeness (QED) is 0.143. The molecule has 0 saturated heterocycles. The zero-order valence-corrected chi connectivity index (χ0v) is 41.6. The third kappa shape index (κ3) is 6.97. The van der Waals surface area contributed by atoms with Gasteiger partial charge in [0.05, 0.1) is 32.5 Å². The van der Waals surface area contributed by atoms with E-state index in [2.05, 4.69) is 298 Å². The Hall–Kier alpha value is -9.68. The monoisotopic (exact) mass is 974 g/mol. The van der Waals surface area contributed by atoms with Crippen LogP contribution in [0.5, 0.6) is 0 Å². The predicted octanol–water partition coefficient (Wildman–Crippen LogP) is 20.0. The first kappa shape index (κ1) is 43.0. The summed E-state index contributed by atoms with van der Waals surface area (Å²) in [5, 5.41) is 10.0. The number of thiophene rings is 1. The van der Waals surface area contributed by atoms with Crippen molar-refractivity contribution in [1.82, 2.24) is 9.13 Å². The molecule has 3 aromatic heterocycles. The lowest BCUT2D eigenvalue weighted by atomic mass is 10.0. The van der Waals surface area contributed by atoms with Gasteiger partial charge < -0.3 is 18.9 Å². The van der Waals surface area contributed by atoms with E-state index in [1.165, 1.54) is 63.5 Å². The smallest absolute Gasteiger partial charge is 0.0719 e. The maximum absolute atomic E-state index is 2.49. The van der Waals surface area contributed by atoms with Gasteiger partial charge in [-0.3, -0.25) is 0 Å². The van der Waals surface area contributed by atoms with E-state index < -0.39 is 0 Å². The zero-order valence-electron chi connectivity index (χ0n) is 40.8. The van der Waals surface area contributed by atoms with Crippen molar-refractivity contribution in [3.63, 3.8) is 0 Å². The molecule has 75 heavy (non-hydrogen) atoms. The third-order valence-corrected chi connectivity index (χ3v) is 16.2. The highest BCUT2D eigenvalue weighted by molar-refractivity contribution is 7.26. The Morgan fingerprint density at radius 2 is 0.760 bits per heavy atom. The molecule has 352 valence electrons. The number of para-hydroxylation sites is 5. The van der Waals surface area contributed by atoms with Gasteiger partial charge in [0.25, 0.3) is 0 Å². The van der Waals surface area contributed by atoms with E-state index in [9.17, 15) is 0 Å². The zero-order chi connectivity index (χ0) is 49.4. The van der Waals surface area contributed by atoms with Crippen LogP contribution in [0, 0.1) is 0 Å². The lowest BCUT2D eigenvalue weighted by molar-refractivity contribution is 1.18. The van der Waals surface area contributed by atoms with Gasteiger partial charge in [-0.05, 0) is 108 Å². The molecule has 0 N–H and O–H groups in total. The van der Waals surface area contributed by atoms with E-state index in [0.29, 0.717) is 0 Å². The second kappa shape index (κ2) is 17.5. The predicted molar refractivity (Wildman–Crippen MR) is 320 cm³/mol. The molecule has 15 rings (SSSR count). The minimum atomic E-state index is 1.07. The number of aromatic nitrogens is 2. The van der Waals surface area contributed by atoms with E-state index in [-0.39, 0.29) is 0 Å². The first-order valence-electron chi connectivity index (χ1n) is 25.6. The van der Waals surface area contributed by atoms with Crippen molar-refractivity contribution in [2.45, 2.75) is 0 Å². The van der Waals surface area contributed by atoms with E-state index >= 15 is 0 Å². The van der Waals surface area contributed by atoms with Crippen LogP contribution < -0.4 is 9.80 Å². The van der Waals surface area contributed by atoms with Crippen molar-refractivity contribution in [3.8, 4) is 22.5 Å².